The van der Waals surface area contributed by atoms with Crippen LogP contribution in [0.2, 0.25) is 0 Å². The fraction of sp³-hybridized carbons (Fsp3) is 0.429. The number of carbonyl (C=O) groups is 1. The Kier molecular flexibility index (Phi) is 5.77. The zero-order valence-corrected chi connectivity index (χ0v) is 15.4. The molecule has 1 unspecified atom stereocenters. The first-order valence-electron chi connectivity index (χ1n) is 9.52. The average Bonchev–Trinajstić information content (AvgIpc) is 3.22. The Morgan fingerprint density at radius 1 is 1.15 bits per heavy atom. The molecule has 2 aliphatic heterocycles. The third kappa shape index (κ3) is 4.71. The van der Waals surface area contributed by atoms with Crippen LogP contribution in [0.3, 0.4) is 0 Å². The molecule has 142 valence electrons. The van der Waals surface area contributed by atoms with Gasteiger partial charge in [0.1, 0.15) is 0 Å². The fourth-order valence-electron chi connectivity index (χ4n) is 3.44. The molecule has 1 aromatic heterocycles. The number of hydrogen-bond acceptors (Lipinski definition) is 5. The second kappa shape index (κ2) is 8.61. The summed E-state index contributed by atoms with van der Waals surface area (Å²) >= 11 is 0. The van der Waals surface area contributed by atoms with Gasteiger partial charge in [-0.15, -0.1) is 0 Å². The van der Waals surface area contributed by atoms with E-state index in [4.69, 9.17) is 9.47 Å². The molecule has 0 spiro atoms. The molecule has 0 saturated carbocycles. The van der Waals surface area contributed by atoms with Crippen LogP contribution in [0.1, 0.15) is 22.3 Å². The minimum absolute atomic E-state index is 0.0590. The SMILES string of the molecule is O=C(NC1CCOC1)c1cccc(-c2ccc(CN3CCOCC3)cn2)c1. The zero-order valence-electron chi connectivity index (χ0n) is 15.4. The molecule has 0 bridgehead atoms. The number of morpholine rings is 1. The highest BCUT2D eigenvalue weighted by Gasteiger charge is 2.19. The molecular weight excluding hydrogens is 342 g/mol. The minimum atomic E-state index is -0.0590. The third-order valence-electron chi connectivity index (χ3n) is 5.02. The number of aromatic nitrogens is 1. The molecule has 3 heterocycles. The Bertz CT molecular complexity index is 766. The molecule has 0 aliphatic carbocycles. The molecule has 1 atom stereocenters. The number of nitrogens with zero attached hydrogens (tertiary/aromatic N) is 2. The zero-order chi connectivity index (χ0) is 18.5. The van der Waals surface area contributed by atoms with E-state index in [9.17, 15) is 4.79 Å². The monoisotopic (exact) mass is 367 g/mol. The molecule has 2 aliphatic rings. The lowest BCUT2D eigenvalue weighted by molar-refractivity contribution is 0.0341. The van der Waals surface area contributed by atoms with Crippen LogP contribution in [0.5, 0.6) is 0 Å². The van der Waals surface area contributed by atoms with Gasteiger partial charge in [-0.25, -0.2) is 0 Å². The van der Waals surface area contributed by atoms with Crippen molar-refractivity contribution in [2.24, 2.45) is 0 Å². The van der Waals surface area contributed by atoms with Crippen molar-refractivity contribution >= 4 is 5.91 Å². The predicted octanol–water partition coefficient (Wildman–Crippen LogP) is 2.10. The first-order chi connectivity index (χ1) is 13.3. The molecule has 2 saturated heterocycles. The topological polar surface area (TPSA) is 63.7 Å². The molecule has 1 aromatic carbocycles. The maximum atomic E-state index is 12.5. The quantitative estimate of drug-likeness (QED) is 0.877. The summed E-state index contributed by atoms with van der Waals surface area (Å²) in [6.07, 6.45) is 2.80. The second-order valence-electron chi connectivity index (χ2n) is 7.05. The first kappa shape index (κ1) is 18.1. The number of ether oxygens (including phenoxy) is 2. The lowest BCUT2D eigenvalue weighted by Gasteiger charge is -2.26. The van der Waals surface area contributed by atoms with Crippen molar-refractivity contribution in [1.29, 1.82) is 0 Å². The van der Waals surface area contributed by atoms with Crippen molar-refractivity contribution in [1.82, 2.24) is 15.2 Å². The number of hydrogen-bond donors (Lipinski definition) is 1. The van der Waals surface area contributed by atoms with E-state index in [1.807, 2.05) is 36.5 Å². The Morgan fingerprint density at radius 3 is 2.78 bits per heavy atom. The van der Waals surface area contributed by atoms with Crippen molar-refractivity contribution in [2.45, 2.75) is 19.0 Å². The smallest absolute Gasteiger partial charge is 0.251 e. The fourth-order valence-corrected chi connectivity index (χ4v) is 3.44. The summed E-state index contributed by atoms with van der Waals surface area (Å²) in [6, 6.07) is 11.9. The van der Waals surface area contributed by atoms with Crippen molar-refractivity contribution in [3.05, 3.63) is 53.7 Å². The predicted molar refractivity (Wildman–Crippen MR) is 102 cm³/mol. The summed E-state index contributed by atoms with van der Waals surface area (Å²) in [6.45, 7) is 5.72. The van der Waals surface area contributed by atoms with Gasteiger partial charge in [-0.2, -0.15) is 0 Å². The number of carbonyl (C=O) groups excluding carboxylic acids is 1. The van der Waals surface area contributed by atoms with Gasteiger partial charge in [-0.3, -0.25) is 14.7 Å². The summed E-state index contributed by atoms with van der Waals surface area (Å²) < 4.78 is 10.7. The lowest BCUT2D eigenvalue weighted by atomic mass is 10.1. The van der Waals surface area contributed by atoms with E-state index < -0.39 is 0 Å². The Morgan fingerprint density at radius 2 is 2.04 bits per heavy atom. The van der Waals surface area contributed by atoms with Gasteiger partial charge in [-0.1, -0.05) is 18.2 Å². The van der Waals surface area contributed by atoms with Crippen LogP contribution in [-0.4, -0.2) is 61.3 Å². The van der Waals surface area contributed by atoms with Crippen molar-refractivity contribution in [2.75, 3.05) is 39.5 Å². The van der Waals surface area contributed by atoms with Crippen LogP contribution in [0, 0.1) is 0 Å². The molecule has 0 radical (unpaired) electrons. The van der Waals surface area contributed by atoms with Crippen molar-refractivity contribution < 1.29 is 14.3 Å². The number of nitrogens with one attached hydrogen (secondary N) is 1. The summed E-state index contributed by atoms with van der Waals surface area (Å²) in [5.41, 5.74) is 3.66. The highest BCUT2D eigenvalue weighted by Crippen LogP contribution is 2.19. The summed E-state index contributed by atoms with van der Waals surface area (Å²) in [5, 5.41) is 3.03. The molecule has 4 rings (SSSR count). The molecular formula is C21H25N3O3. The third-order valence-corrected chi connectivity index (χ3v) is 5.02. The molecule has 6 nitrogen and oxygen atoms in total. The lowest BCUT2D eigenvalue weighted by Crippen LogP contribution is -2.35. The van der Waals surface area contributed by atoms with Gasteiger partial charge in [0.25, 0.3) is 5.91 Å². The average molecular weight is 367 g/mol. The van der Waals surface area contributed by atoms with Crippen LogP contribution in [-0.2, 0) is 16.0 Å². The summed E-state index contributed by atoms with van der Waals surface area (Å²) in [4.78, 5) is 19.4. The van der Waals surface area contributed by atoms with E-state index >= 15 is 0 Å². The number of benzene rings is 1. The molecule has 1 amide bonds. The number of rotatable bonds is 5. The van der Waals surface area contributed by atoms with Gasteiger partial charge < -0.3 is 14.8 Å². The number of amides is 1. The van der Waals surface area contributed by atoms with E-state index in [1.165, 1.54) is 5.56 Å². The molecule has 6 heteroatoms. The van der Waals surface area contributed by atoms with Gasteiger partial charge in [0.15, 0.2) is 0 Å². The van der Waals surface area contributed by atoms with Gasteiger partial charge in [0.05, 0.1) is 31.6 Å². The van der Waals surface area contributed by atoms with Gasteiger partial charge in [0, 0.05) is 43.6 Å². The highest BCUT2D eigenvalue weighted by atomic mass is 16.5. The van der Waals surface area contributed by atoms with Crippen LogP contribution < -0.4 is 5.32 Å². The van der Waals surface area contributed by atoms with E-state index in [1.54, 1.807) is 0 Å². The molecule has 2 fully saturated rings. The minimum Gasteiger partial charge on any atom is -0.379 e. The van der Waals surface area contributed by atoms with Crippen LogP contribution in [0.15, 0.2) is 42.6 Å². The van der Waals surface area contributed by atoms with Crippen molar-refractivity contribution in [3.63, 3.8) is 0 Å². The van der Waals surface area contributed by atoms with E-state index in [-0.39, 0.29) is 11.9 Å². The Balaban J connectivity index is 1.42. The Labute approximate surface area is 159 Å². The molecule has 2 aromatic rings. The Hall–Kier alpha value is -2.28. The molecule has 27 heavy (non-hydrogen) atoms. The normalized spacial score (nSPS) is 20.5. The van der Waals surface area contributed by atoms with Gasteiger partial charge in [-0.05, 0) is 30.2 Å². The van der Waals surface area contributed by atoms with Gasteiger partial charge in [0.2, 0.25) is 0 Å². The maximum Gasteiger partial charge on any atom is 0.251 e. The second-order valence-corrected chi connectivity index (χ2v) is 7.05. The number of pyridine rings is 1. The first-order valence-corrected chi connectivity index (χ1v) is 9.52. The van der Waals surface area contributed by atoms with Crippen LogP contribution in [0.4, 0.5) is 0 Å². The summed E-state index contributed by atoms with van der Waals surface area (Å²) in [7, 11) is 0. The van der Waals surface area contributed by atoms with Crippen LogP contribution >= 0.6 is 0 Å². The van der Waals surface area contributed by atoms with E-state index in [0.29, 0.717) is 18.8 Å². The highest BCUT2D eigenvalue weighted by molar-refractivity contribution is 5.95. The summed E-state index contributed by atoms with van der Waals surface area (Å²) in [5.74, 6) is -0.0590. The van der Waals surface area contributed by atoms with Gasteiger partial charge >= 0.3 is 0 Å². The standard InChI is InChI=1S/C21H25N3O3/c25-21(23-19-6-9-27-15-19)18-3-1-2-17(12-18)20-5-4-16(13-22-20)14-24-7-10-26-11-8-24/h1-5,12-13,19H,6-11,14-15H2,(H,23,25). The van der Waals surface area contributed by atoms with E-state index in [2.05, 4.69) is 21.3 Å². The largest absolute Gasteiger partial charge is 0.379 e. The van der Waals surface area contributed by atoms with Crippen LogP contribution in [0.25, 0.3) is 11.3 Å². The van der Waals surface area contributed by atoms with Crippen molar-refractivity contribution in [3.8, 4) is 11.3 Å². The van der Waals surface area contributed by atoms with E-state index in [0.717, 1.165) is 50.5 Å². The molecule has 1 N–H and O–H groups in total. The maximum absolute atomic E-state index is 12.5.